The lowest BCUT2D eigenvalue weighted by molar-refractivity contribution is 0.392. The van der Waals surface area contributed by atoms with Crippen molar-refractivity contribution in [2.45, 2.75) is 13.5 Å². The highest BCUT2D eigenvalue weighted by Crippen LogP contribution is 2.14. The molecule has 0 spiro atoms. The number of aryl methyl sites for hydroxylation is 1. The van der Waals surface area contributed by atoms with E-state index in [4.69, 9.17) is 10.5 Å². The highest BCUT2D eigenvalue weighted by Gasteiger charge is 2.06. The number of nitrogens with zero attached hydrogens (tertiary/aromatic N) is 4. The van der Waals surface area contributed by atoms with Crippen molar-refractivity contribution in [2.75, 3.05) is 7.11 Å². The summed E-state index contributed by atoms with van der Waals surface area (Å²) < 4.78 is 4.94. The van der Waals surface area contributed by atoms with Crippen LogP contribution in [0.4, 0.5) is 0 Å². The SMILES string of the molecule is COc1ccc(-c2nc(C)cc(CN)n2)nn1. The highest BCUT2D eigenvalue weighted by atomic mass is 16.5. The van der Waals surface area contributed by atoms with Crippen LogP contribution >= 0.6 is 0 Å². The standard InChI is InChI=1S/C11H13N5O/c1-7-5-8(6-12)14-11(13-7)9-3-4-10(17-2)16-15-9/h3-5H,6,12H2,1-2H3. The summed E-state index contributed by atoms with van der Waals surface area (Å²) in [5, 5.41) is 7.87. The maximum Gasteiger partial charge on any atom is 0.233 e. The van der Waals surface area contributed by atoms with Crippen LogP contribution in [0.3, 0.4) is 0 Å². The summed E-state index contributed by atoms with van der Waals surface area (Å²) in [6.45, 7) is 2.27. The van der Waals surface area contributed by atoms with Crippen molar-refractivity contribution in [1.29, 1.82) is 0 Å². The third-order valence-corrected chi connectivity index (χ3v) is 2.19. The molecule has 0 bridgehead atoms. The van der Waals surface area contributed by atoms with Gasteiger partial charge in [-0.1, -0.05) is 0 Å². The topological polar surface area (TPSA) is 86.8 Å². The molecule has 0 radical (unpaired) electrons. The Balaban J connectivity index is 2.41. The molecule has 0 aliphatic heterocycles. The summed E-state index contributed by atoms with van der Waals surface area (Å²) in [7, 11) is 1.54. The van der Waals surface area contributed by atoms with Crippen LogP contribution in [0.2, 0.25) is 0 Å². The Kier molecular flexibility index (Phi) is 3.24. The Morgan fingerprint density at radius 1 is 1.24 bits per heavy atom. The predicted molar refractivity (Wildman–Crippen MR) is 62.2 cm³/mol. The molecule has 6 heteroatoms. The minimum absolute atomic E-state index is 0.375. The molecule has 2 aromatic rings. The molecule has 0 atom stereocenters. The zero-order valence-corrected chi connectivity index (χ0v) is 9.71. The highest BCUT2D eigenvalue weighted by molar-refractivity contribution is 5.48. The molecule has 17 heavy (non-hydrogen) atoms. The van der Waals surface area contributed by atoms with Crippen molar-refractivity contribution < 1.29 is 4.74 Å². The molecule has 2 heterocycles. The molecule has 0 saturated heterocycles. The minimum atomic E-state index is 0.375. The van der Waals surface area contributed by atoms with E-state index in [0.29, 0.717) is 23.9 Å². The quantitative estimate of drug-likeness (QED) is 0.837. The largest absolute Gasteiger partial charge is 0.480 e. The van der Waals surface area contributed by atoms with Gasteiger partial charge in [0, 0.05) is 18.3 Å². The number of methoxy groups -OCH3 is 1. The van der Waals surface area contributed by atoms with Gasteiger partial charge in [0.15, 0.2) is 5.82 Å². The summed E-state index contributed by atoms with van der Waals surface area (Å²) in [6.07, 6.45) is 0. The number of hydrogen-bond acceptors (Lipinski definition) is 6. The molecule has 0 saturated carbocycles. The van der Waals surface area contributed by atoms with Gasteiger partial charge in [0.1, 0.15) is 5.69 Å². The van der Waals surface area contributed by atoms with Gasteiger partial charge in [-0.25, -0.2) is 9.97 Å². The van der Waals surface area contributed by atoms with E-state index in [1.165, 1.54) is 0 Å². The van der Waals surface area contributed by atoms with Crippen molar-refractivity contribution in [3.05, 3.63) is 29.6 Å². The first-order chi connectivity index (χ1) is 8.22. The van der Waals surface area contributed by atoms with Gasteiger partial charge >= 0.3 is 0 Å². The van der Waals surface area contributed by atoms with Crippen LogP contribution < -0.4 is 10.5 Å². The van der Waals surface area contributed by atoms with Crippen LogP contribution in [0, 0.1) is 6.92 Å². The van der Waals surface area contributed by atoms with E-state index in [1.807, 2.05) is 13.0 Å². The third-order valence-electron chi connectivity index (χ3n) is 2.19. The normalized spacial score (nSPS) is 10.3. The minimum Gasteiger partial charge on any atom is -0.480 e. The van der Waals surface area contributed by atoms with Crippen LogP contribution in [-0.4, -0.2) is 27.3 Å². The molecule has 88 valence electrons. The van der Waals surface area contributed by atoms with Crippen molar-refractivity contribution in [3.63, 3.8) is 0 Å². The van der Waals surface area contributed by atoms with Crippen LogP contribution in [0.25, 0.3) is 11.5 Å². The van der Waals surface area contributed by atoms with E-state index in [-0.39, 0.29) is 0 Å². The van der Waals surface area contributed by atoms with Gasteiger partial charge in [0.25, 0.3) is 0 Å². The molecule has 0 fully saturated rings. The molecule has 2 N–H and O–H groups in total. The molecular weight excluding hydrogens is 218 g/mol. The Morgan fingerprint density at radius 3 is 2.65 bits per heavy atom. The van der Waals surface area contributed by atoms with Gasteiger partial charge in [0.05, 0.1) is 12.8 Å². The second-order valence-electron chi connectivity index (χ2n) is 3.49. The number of hydrogen-bond donors (Lipinski definition) is 1. The number of ether oxygens (including phenoxy) is 1. The lowest BCUT2D eigenvalue weighted by atomic mass is 10.3. The fourth-order valence-electron chi connectivity index (χ4n) is 1.40. The number of nitrogens with two attached hydrogens (primary N) is 1. The lowest BCUT2D eigenvalue weighted by Gasteiger charge is -2.03. The molecule has 2 rings (SSSR count). The molecular formula is C11H13N5O. The maximum absolute atomic E-state index is 5.57. The molecule has 0 amide bonds. The van der Waals surface area contributed by atoms with Crippen LogP contribution in [0.5, 0.6) is 5.88 Å². The van der Waals surface area contributed by atoms with Crippen LogP contribution in [-0.2, 0) is 6.54 Å². The monoisotopic (exact) mass is 231 g/mol. The van der Waals surface area contributed by atoms with Gasteiger partial charge in [-0.05, 0) is 19.1 Å². The first-order valence-corrected chi connectivity index (χ1v) is 5.15. The average molecular weight is 231 g/mol. The number of rotatable bonds is 3. The Bertz CT molecular complexity index is 512. The van der Waals surface area contributed by atoms with Crippen LogP contribution in [0.15, 0.2) is 18.2 Å². The van der Waals surface area contributed by atoms with E-state index in [2.05, 4.69) is 20.2 Å². The van der Waals surface area contributed by atoms with Gasteiger partial charge in [-0.2, -0.15) is 0 Å². The van der Waals surface area contributed by atoms with Gasteiger partial charge < -0.3 is 10.5 Å². The first kappa shape index (κ1) is 11.4. The van der Waals surface area contributed by atoms with Gasteiger partial charge in [-0.3, -0.25) is 0 Å². The molecule has 0 aromatic carbocycles. The second kappa shape index (κ2) is 4.84. The average Bonchev–Trinajstić information content (AvgIpc) is 2.38. The smallest absolute Gasteiger partial charge is 0.233 e. The Hall–Kier alpha value is -2.08. The fraction of sp³-hybridized carbons (Fsp3) is 0.273. The number of aromatic nitrogens is 4. The van der Waals surface area contributed by atoms with Crippen molar-refractivity contribution in [2.24, 2.45) is 5.73 Å². The molecule has 2 aromatic heterocycles. The van der Waals surface area contributed by atoms with E-state index < -0.39 is 0 Å². The lowest BCUT2D eigenvalue weighted by Crippen LogP contribution is -2.04. The summed E-state index contributed by atoms with van der Waals surface area (Å²) in [5.41, 5.74) is 7.80. The molecule has 6 nitrogen and oxygen atoms in total. The summed E-state index contributed by atoms with van der Waals surface area (Å²) in [6, 6.07) is 5.33. The van der Waals surface area contributed by atoms with E-state index in [0.717, 1.165) is 11.4 Å². The molecule has 0 aliphatic carbocycles. The zero-order valence-electron chi connectivity index (χ0n) is 9.71. The summed E-state index contributed by atoms with van der Waals surface area (Å²) >= 11 is 0. The van der Waals surface area contributed by atoms with E-state index in [9.17, 15) is 0 Å². The van der Waals surface area contributed by atoms with Crippen molar-refractivity contribution in [3.8, 4) is 17.4 Å². The maximum atomic E-state index is 5.57. The predicted octanol–water partition coefficient (Wildman–Crippen LogP) is 0.709. The first-order valence-electron chi connectivity index (χ1n) is 5.15. The Labute approximate surface area is 98.9 Å². The third kappa shape index (κ3) is 2.54. The summed E-state index contributed by atoms with van der Waals surface area (Å²) in [4.78, 5) is 8.60. The fourth-order valence-corrected chi connectivity index (χ4v) is 1.40. The summed E-state index contributed by atoms with van der Waals surface area (Å²) in [5.74, 6) is 0.987. The van der Waals surface area contributed by atoms with E-state index in [1.54, 1.807) is 19.2 Å². The van der Waals surface area contributed by atoms with Gasteiger partial charge in [-0.15, -0.1) is 10.2 Å². The second-order valence-corrected chi connectivity index (χ2v) is 3.49. The van der Waals surface area contributed by atoms with Gasteiger partial charge in [0.2, 0.25) is 5.88 Å². The van der Waals surface area contributed by atoms with Crippen molar-refractivity contribution >= 4 is 0 Å². The molecule has 0 unspecified atom stereocenters. The van der Waals surface area contributed by atoms with Crippen LogP contribution in [0.1, 0.15) is 11.4 Å². The molecule has 0 aliphatic rings. The Morgan fingerprint density at radius 2 is 2.06 bits per heavy atom. The zero-order chi connectivity index (χ0) is 12.3. The van der Waals surface area contributed by atoms with Crippen molar-refractivity contribution in [1.82, 2.24) is 20.2 Å². The van der Waals surface area contributed by atoms with E-state index >= 15 is 0 Å².